The van der Waals surface area contributed by atoms with Gasteiger partial charge in [-0.25, -0.2) is 0 Å². The summed E-state index contributed by atoms with van der Waals surface area (Å²) >= 11 is 0. The average molecular weight is 368 g/mol. The fraction of sp³-hybridized carbons (Fsp3) is 0.476. The number of rotatable bonds is 3. The molecule has 0 unspecified atom stereocenters. The normalized spacial score (nSPS) is 26.5. The number of benzene rings is 1. The van der Waals surface area contributed by atoms with Gasteiger partial charge >= 0.3 is 0 Å². The first-order valence-corrected chi connectivity index (χ1v) is 9.66. The summed E-state index contributed by atoms with van der Waals surface area (Å²) in [6.45, 7) is 3.84. The zero-order chi connectivity index (χ0) is 18.4. The van der Waals surface area contributed by atoms with E-state index in [1.54, 1.807) is 6.07 Å². The Morgan fingerprint density at radius 3 is 2.78 bits per heavy atom. The van der Waals surface area contributed by atoms with Gasteiger partial charge in [0.1, 0.15) is 13.2 Å². The zero-order valence-electron chi connectivity index (χ0n) is 15.2. The van der Waals surface area contributed by atoms with Gasteiger partial charge in [0.2, 0.25) is 0 Å². The first-order chi connectivity index (χ1) is 13.2. The number of aliphatic hydroxyl groups excluding tert-OH is 1. The fourth-order valence-electron chi connectivity index (χ4n) is 4.94. The summed E-state index contributed by atoms with van der Waals surface area (Å²) in [6, 6.07) is 11.5. The Hall–Kier alpha value is -2.31. The van der Waals surface area contributed by atoms with Gasteiger partial charge in [-0.2, -0.15) is 0 Å². The number of fused-ring (bicyclic) bond motifs is 5. The molecule has 0 radical (unpaired) electrons. The lowest BCUT2D eigenvalue weighted by Gasteiger charge is -2.46. The van der Waals surface area contributed by atoms with Crippen LogP contribution in [0.25, 0.3) is 0 Å². The maximum absolute atomic E-state index is 12.4. The minimum Gasteiger partial charge on any atom is -0.486 e. The highest BCUT2D eigenvalue weighted by Crippen LogP contribution is 2.41. The molecule has 6 nitrogen and oxygen atoms in total. The molecule has 2 aromatic rings. The molecule has 1 N–H and O–H groups in total. The largest absolute Gasteiger partial charge is 0.486 e. The van der Waals surface area contributed by atoms with Gasteiger partial charge in [-0.15, -0.1) is 0 Å². The van der Waals surface area contributed by atoms with Crippen LogP contribution in [0.2, 0.25) is 0 Å². The summed E-state index contributed by atoms with van der Waals surface area (Å²) < 4.78 is 13.2. The molecule has 5 rings (SSSR count). The van der Waals surface area contributed by atoms with Gasteiger partial charge in [0.05, 0.1) is 12.6 Å². The minimum absolute atomic E-state index is 0.00142. The Morgan fingerprint density at radius 2 is 1.93 bits per heavy atom. The number of likely N-dealkylation sites (tertiary alicyclic amines) is 1. The number of ether oxygens (including phenoxy) is 2. The lowest BCUT2D eigenvalue weighted by molar-refractivity contribution is 0.0580. The van der Waals surface area contributed by atoms with Gasteiger partial charge < -0.3 is 19.1 Å². The van der Waals surface area contributed by atoms with Gasteiger partial charge in [-0.05, 0) is 36.1 Å². The van der Waals surface area contributed by atoms with Gasteiger partial charge in [-0.1, -0.05) is 12.1 Å². The predicted molar refractivity (Wildman–Crippen MR) is 100 cm³/mol. The number of piperidine rings is 1. The minimum atomic E-state index is -0.131. The van der Waals surface area contributed by atoms with E-state index in [9.17, 15) is 9.90 Å². The van der Waals surface area contributed by atoms with Gasteiger partial charge in [0.15, 0.2) is 11.5 Å². The standard InChI is InChI=1S/C21H24N2O4/c24-13-18-16-9-15(17-2-1-3-21(25)23(17)18)11-22(12-16)10-14-4-5-19-20(8-14)27-7-6-26-19/h1-5,8,15-16,18,24H,6-7,9-13H2/t15-,16+,18+/m1/s1. The molecule has 0 saturated carbocycles. The van der Waals surface area contributed by atoms with Crippen LogP contribution >= 0.6 is 0 Å². The summed E-state index contributed by atoms with van der Waals surface area (Å²) in [7, 11) is 0. The molecule has 142 valence electrons. The molecular weight excluding hydrogens is 344 g/mol. The molecule has 0 amide bonds. The van der Waals surface area contributed by atoms with Gasteiger partial charge in [-0.3, -0.25) is 9.69 Å². The molecule has 6 heteroatoms. The third-order valence-electron chi connectivity index (χ3n) is 6.07. The lowest BCUT2D eigenvalue weighted by Crippen LogP contribution is -2.50. The SMILES string of the molecule is O=c1cccc2n1[C@@H](CO)[C@H]1C[C@@H]2CN(Cc2ccc3c(c2)OCCO3)C1. The van der Waals surface area contributed by atoms with Crippen molar-refractivity contribution in [2.45, 2.75) is 24.9 Å². The van der Waals surface area contributed by atoms with Gasteiger partial charge in [0, 0.05) is 37.3 Å². The average Bonchev–Trinajstić information content (AvgIpc) is 2.69. The molecule has 1 saturated heterocycles. The van der Waals surface area contributed by atoms with Crippen molar-refractivity contribution in [3.05, 3.63) is 58.0 Å². The molecule has 3 aliphatic rings. The Kier molecular flexibility index (Phi) is 4.17. The summed E-state index contributed by atoms with van der Waals surface area (Å²) in [5.74, 6) is 2.26. The number of hydrogen-bond acceptors (Lipinski definition) is 5. The van der Waals surface area contributed by atoms with Crippen molar-refractivity contribution in [2.24, 2.45) is 5.92 Å². The zero-order valence-corrected chi connectivity index (χ0v) is 15.2. The lowest BCUT2D eigenvalue weighted by atomic mass is 9.78. The Labute approximate surface area is 157 Å². The topological polar surface area (TPSA) is 63.9 Å². The van der Waals surface area contributed by atoms with E-state index in [0.29, 0.717) is 25.0 Å². The monoisotopic (exact) mass is 368 g/mol. The Morgan fingerprint density at radius 1 is 1.07 bits per heavy atom. The van der Waals surface area contributed by atoms with Crippen molar-refractivity contribution in [2.75, 3.05) is 32.9 Å². The third kappa shape index (κ3) is 2.93. The predicted octanol–water partition coefficient (Wildman–Crippen LogP) is 1.77. The Bertz CT molecular complexity index is 909. The van der Waals surface area contributed by atoms with Crippen molar-refractivity contribution in [3.8, 4) is 11.5 Å². The second-order valence-corrected chi connectivity index (χ2v) is 7.77. The summed E-state index contributed by atoms with van der Waals surface area (Å²) in [5, 5.41) is 9.97. The van der Waals surface area contributed by atoms with Crippen molar-refractivity contribution in [1.29, 1.82) is 0 Å². The number of hydrogen-bond donors (Lipinski definition) is 1. The highest BCUT2D eigenvalue weighted by atomic mass is 16.6. The molecule has 27 heavy (non-hydrogen) atoms. The van der Waals surface area contributed by atoms with Crippen LogP contribution in [0.3, 0.4) is 0 Å². The van der Waals surface area contributed by atoms with Crippen LogP contribution in [-0.2, 0) is 6.54 Å². The molecule has 1 fully saturated rings. The second-order valence-electron chi connectivity index (χ2n) is 7.77. The quantitative estimate of drug-likeness (QED) is 0.895. The number of aliphatic hydroxyl groups is 1. The van der Waals surface area contributed by atoms with E-state index < -0.39 is 0 Å². The van der Waals surface area contributed by atoms with Crippen LogP contribution in [0.15, 0.2) is 41.2 Å². The summed E-state index contributed by atoms with van der Waals surface area (Å²) in [4.78, 5) is 14.8. The Balaban J connectivity index is 1.41. The van der Waals surface area contributed by atoms with Crippen LogP contribution < -0.4 is 15.0 Å². The molecule has 1 aromatic heterocycles. The van der Waals surface area contributed by atoms with E-state index in [-0.39, 0.29) is 18.2 Å². The van der Waals surface area contributed by atoms with E-state index in [2.05, 4.69) is 17.0 Å². The van der Waals surface area contributed by atoms with Crippen LogP contribution in [0, 0.1) is 5.92 Å². The van der Waals surface area contributed by atoms with Crippen LogP contribution in [-0.4, -0.2) is 47.5 Å². The van der Waals surface area contributed by atoms with Crippen molar-refractivity contribution < 1.29 is 14.6 Å². The summed E-state index contributed by atoms with van der Waals surface area (Å²) in [5.41, 5.74) is 2.26. The smallest absolute Gasteiger partial charge is 0.251 e. The van der Waals surface area contributed by atoms with E-state index in [1.807, 2.05) is 22.8 Å². The van der Waals surface area contributed by atoms with Crippen molar-refractivity contribution in [1.82, 2.24) is 9.47 Å². The molecule has 4 heterocycles. The van der Waals surface area contributed by atoms with E-state index >= 15 is 0 Å². The van der Waals surface area contributed by atoms with Crippen molar-refractivity contribution in [3.63, 3.8) is 0 Å². The molecular formula is C21H24N2O4. The molecule has 2 bridgehead atoms. The first kappa shape index (κ1) is 16.8. The molecule has 1 aromatic carbocycles. The highest BCUT2D eigenvalue weighted by molar-refractivity contribution is 5.43. The maximum Gasteiger partial charge on any atom is 0.251 e. The highest BCUT2D eigenvalue weighted by Gasteiger charge is 2.40. The number of nitrogens with zero attached hydrogens (tertiary/aromatic N) is 2. The van der Waals surface area contributed by atoms with E-state index in [4.69, 9.17) is 9.47 Å². The van der Waals surface area contributed by atoms with E-state index in [1.165, 1.54) is 5.56 Å². The second kappa shape index (κ2) is 6.69. The van der Waals surface area contributed by atoms with E-state index in [0.717, 1.165) is 43.2 Å². The third-order valence-corrected chi connectivity index (χ3v) is 6.07. The fourth-order valence-corrected chi connectivity index (χ4v) is 4.94. The van der Waals surface area contributed by atoms with Gasteiger partial charge in [0.25, 0.3) is 5.56 Å². The summed E-state index contributed by atoms with van der Waals surface area (Å²) in [6.07, 6.45) is 1.03. The molecule has 0 spiro atoms. The van der Waals surface area contributed by atoms with Crippen LogP contribution in [0.5, 0.6) is 11.5 Å². The molecule has 3 atom stereocenters. The van der Waals surface area contributed by atoms with Crippen LogP contribution in [0.4, 0.5) is 0 Å². The maximum atomic E-state index is 12.4. The van der Waals surface area contributed by atoms with Crippen molar-refractivity contribution >= 4 is 0 Å². The first-order valence-electron chi connectivity index (χ1n) is 9.66. The molecule has 3 aliphatic heterocycles. The van der Waals surface area contributed by atoms with Crippen LogP contribution in [0.1, 0.15) is 29.6 Å². The molecule has 0 aliphatic carbocycles. The number of pyridine rings is 1. The number of aromatic nitrogens is 1.